The third kappa shape index (κ3) is 2.34. The minimum Gasteiger partial charge on any atom is -0.393 e. The van der Waals surface area contributed by atoms with Gasteiger partial charge in [0.15, 0.2) is 23.0 Å². The average Bonchev–Trinajstić information content (AvgIpc) is 3.07. The van der Waals surface area contributed by atoms with E-state index in [2.05, 4.69) is 6.92 Å². The number of fused-ring (bicyclic) bond motifs is 7. The zero-order valence-corrected chi connectivity index (χ0v) is 18.2. The number of ketones is 2. The molecule has 6 nitrogen and oxygen atoms in total. The van der Waals surface area contributed by atoms with Gasteiger partial charge in [-0.25, -0.2) is 0 Å². The van der Waals surface area contributed by atoms with Crippen LogP contribution in [0.25, 0.3) is 0 Å². The van der Waals surface area contributed by atoms with Crippen molar-refractivity contribution in [1.29, 1.82) is 0 Å². The molecule has 0 aromatic heterocycles. The molecule has 1 aliphatic heterocycles. The van der Waals surface area contributed by atoms with Gasteiger partial charge in [-0.2, -0.15) is 0 Å². The normalized spacial score (nSPS) is 50.9. The molecule has 8 unspecified atom stereocenters. The molecule has 164 valence electrons. The summed E-state index contributed by atoms with van der Waals surface area (Å²) in [4.78, 5) is 25.1. The molecule has 1 saturated heterocycles. The second-order valence-corrected chi connectivity index (χ2v) is 10.9. The number of ether oxygens (including phenoxy) is 2. The van der Waals surface area contributed by atoms with Crippen LogP contribution in [-0.2, 0) is 19.1 Å². The standard InChI is InChI=1S/C24H32O6/c1-21(2)29-19-10-16-15-6-5-13-9-14(26)7-8-22(13,3)20(15)17(27)11-23(16,4)24(19,30-21)18(28)12-25/h7-9,15-17,19-20,25,27H,5-6,10-12H2,1-4H3. The second-order valence-electron chi connectivity index (χ2n) is 10.9. The van der Waals surface area contributed by atoms with E-state index in [1.165, 1.54) is 0 Å². The second kappa shape index (κ2) is 6.12. The Bertz CT molecular complexity index is 873. The third-order valence-corrected chi connectivity index (χ3v) is 9.05. The molecule has 5 rings (SSSR count). The van der Waals surface area contributed by atoms with E-state index in [4.69, 9.17) is 9.47 Å². The highest BCUT2D eigenvalue weighted by Gasteiger charge is 2.76. The fraction of sp³-hybridized carbons (Fsp3) is 0.750. The summed E-state index contributed by atoms with van der Waals surface area (Å²) in [5.41, 5.74) is -1.12. The Morgan fingerprint density at radius 2 is 2.00 bits per heavy atom. The van der Waals surface area contributed by atoms with Gasteiger partial charge in [-0.05, 0) is 63.5 Å². The predicted molar refractivity (Wildman–Crippen MR) is 108 cm³/mol. The van der Waals surface area contributed by atoms with Gasteiger partial charge in [0.25, 0.3) is 0 Å². The van der Waals surface area contributed by atoms with E-state index in [9.17, 15) is 19.8 Å². The molecule has 0 aromatic rings. The van der Waals surface area contributed by atoms with Gasteiger partial charge >= 0.3 is 0 Å². The highest BCUT2D eigenvalue weighted by atomic mass is 16.8. The van der Waals surface area contributed by atoms with Crippen molar-refractivity contribution in [2.24, 2.45) is 28.6 Å². The maximum absolute atomic E-state index is 13.2. The van der Waals surface area contributed by atoms with Gasteiger partial charge in [0.05, 0.1) is 12.2 Å². The van der Waals surface area contributed by atoms with E-state index in [-0.39, 0.29) is 34.7 Å². The molecule has 0 amide bonds. The minimum atomic E-state index is -1.24. The van der Waals surface area contributed by atoms with Crippen molar-refractivity contribution in [3.63, 3.8) is 0 Å². The monoisotopic (exact) mass is 416 g/mol. The summed E-state index contributed by atoms with van der Waals surface area (Å²) in [7, 11) is 0. The Balaban J connectivity index is 1.59. The molecule has 3 saturated carbocycles. The number of carbonyl (C=O) groups is 2. The van der Waals surface area contributed by atoms with Crippen molar-refractivity contribution < 1.29 is 29.3 Å². The number of rotatable bonds is 2. The number of aliphatic hydroxyl groups excluding tert-OH is 2. The molecule has 8 atom stereocenters. The lowest BCUT2D eigenvalue weighted by Crippen LogP contribution is -2.63. The fourth-order valence-electron chi connectivity index (χ4n) is 8.04. The zero-order valence-electron chi connectivity index (χ0n) is 18.2. The number of hydrogen-bond acceptors (Lipinski definition) is 6. The molecule has 5 aliphatic rings. The number of hydrogen-bond donors (Lipinski definition) is 2. The Hall–Kier alpha value is -1.34. The van der Waals surface area contributed by atoms with Crippen molar-refractivity contribution >= 4 is 11.6 Å². The topological polar surface area (TPSA) is 93.1 Å². The Kier molecular flexibility index (Phi) is 4.20. The van der Waals surface area contributed by atoms with Crippen LogP contribution in [0.15, 0.2) is 23.8 Å². The van der Waals surface area contributed by atoms with E-state index in [0.29, 0.717) is 12.8 Å². The fourth-order valence-corrected chi connectivity index (χ4v) is 8.04. The van der Waals surface area contributed by atoms with Crippen LogP contribution in [0, 0.1) is 28.6 Å². The SMILES string of the molecule is CC1(C)OC2CC3C4CCC5=CC(=O)C=CC5(C)C4C(O)CC3(C)C2(C(=O)CO)O1. The van der Waals surface area contributed by atoms with E-state index < -0.39 is 35.6 Å². The molecule has 30 heavy (non-hydrogen) atoms. The van der Waals surface area contributed by atoms with E-state index in [1.807, 2.05) is 13.0 Å². The van der Waals surface area contributed by atoms with Crippen LogP contribution in [0.1, 0.15) is 53.4 Å². The molecule has 1 heterocycles. The molecule has 0 bridgehead atoms. The van der Waals surface area contributed by atoms with Gasteiger partial charge < -0.3 is 19.7 Å². The van der Waals surface area contributed by atoms with Gasteiger partial charge in [-0.3, -0.25) is 9.59 Å². The van der Waals surface area contributed by atoms with E-state index in [1.54, 1.807) is 26.0 Å². The molecular weight excluding hydrogens is 384 g/mol. The largest absolute Gasteiger partial charge is 0.393 e. The number of allylic oxidation sites excluding steroid dienone is 4. The lowest BCUT2D eigenvalue weighted by molar-refractivity contribution is -0.225. The summed E-state index contributed by atoms with van der Waals surface area (Å²) in [5.74, 6) is -0.947. The summed E-state index contributed by atoms with van der Waals surface area (Å²) >= 11 is 0. The highest BCUT2D eigenvalue weighted by molar-refractivity contribution is 6.01. The summed E-state index contributed by atoms with van der Waals surface area (Å²) < 4.78 is 12.6. The summed E-state index contributed by atoms with van der Waals surface area (Å²) in [6.45, 7) is 7.19. The zero-order chi connectivity index (χ0) is 21.7. The number of Topliss-reactive ketones (excluding diaryl/α,β-unsaturated/α-hetero) is 1. The first-order valence-electron chi connectivity index (χ1n) is 11.1. The number of aliphatic hydroxyl groups is 2. The van der Waals surface area contributed by atoms with Crippen LogP contribution in [0.3, 0.4) is 0 Å². The molecule has 4 fully saturated rings. The minimum absolute atomic E-state index is 0.0167. The lowest BCUT2D eigenvalue weighted by atomic mass is 9.46. The molecule has 0 spiro atoms. The first-order valence-corrected chi connectivity index (χ1v) is 11.1. The molecule has 6 heteroatoms. The van der Waals surface area contributed by atoms with Crippen molar-refractivity contribution in [3.8, 4) is 0 Å². The maximum Gasteiger partial charge on any atom is 0.193 e. The molecule has 4 aliphatic carbocycles. The highest BCUT2D eigenvalue weighted by Crippen LogP contribution is 2.70. The van der Waals surface area contributed by atoms with Crippen LogP contribution in [-0.4, -0.2) is 52.0 Å². The smallest absolute Gasteiger partial charge is 0.193 e. The Labute approximate surface area is 177 Å². The van der Waals surface area contributed by atoms with Crippen molar-refractivity contribution in [3.05, 3.63) is 23.8 Å². The predicted octanol–water partition coefficient (Wildman–Crippen LogP) is 2.33. The van der Waals surface area contributed by atoms with E-state index >= 15 is 0 Å². The van der Waals surface area contributed by atoms with Crippen LogP contribution in [0.5, 0.6) is 0 Å². The summed E-state index contributed by atoms with van der Waals surface area (Å²) in [6.07, 6.45) is 7.04. The van der Waals surface area contributed by atoms with Crippen LogP contribution in [0.2, 0.25) is 0 Å². The number of carbonyl (C=O) groups excluding carboxylic acids is 2. The summed E-state index contributed by atoms with van der Waals surface area (Å²) in [5, 5.41) is 21.3. The first-order chi connectivity index (χ1) is 14.0. The molecule has 0 aromatic carbocycles. The molecule has 2 N–H and O–H groups in total. The average molecular weight is 417 g/mol. The van der Waals surface area contributed by atoms with Crippen molar-refractivity contribution in [1.82, 2.24) is 0 Å². The van der Waals surface area contributed by atoms with Gasteiger partial charge in [0.1, 0.15) is 6.61 Å². The lowest BCUT2D eigenvalue weighted by Gasteiger charge is -2.59. The van der Waals surface area contributed by atoms with Crippen LogP contribution < -0.4 is 0 Å². The van der Waals surface area contributed by atoms with Gasteiger partial charge in [0, 0.05) is 16.7 Å². The van der Waals surface area contributed by atoms with Crippen molar-refractivity contribution in [2.75, 3.05) is 6.61 Å². The van der Waals surface area contributed by atoms with E-state index in [0.717, 1.165) is 18.4 Å². The van der Waals surface area contributed by atoms with Gasteiger partial charge in [-0.1, -0.05) is 25.5 Å². The van der Waals surface area contributed by atoms with Crippen LogP contribution in [0.4, 0.5) is 0 Å². The first kappa shape index (κ1) is 20.6. The Morgan fingerprint density at radius 3 is 2.70 bits per heavy atom. The van der Waals surface area contributed by atoms with Crippen LogP contribution >= 0.6 is 0 Å². The maximum atomic E-state index is 13.2. The quantitative estimate of drug-likeness (QED) is 0.718. The van der Waals surface area contributed by atoms with Gasteiger partial charge in [0.2, 0.25) is 0 Å². The van der Waals surface area contributed by atoms with Gasteiger partial charge in [-0.15, -0.1) is 0 Å². The Morgan fingerprint density at radius 1 is 1.27 bits per heavy atom. The molecule has 0 radical (unpaired) electrons. The summed E-state index contributed by atoms with van der Waals surface area (Å²) in [6, 6.07) is 0. The third-order valence-electron chi connectivity index (χ3n) is 9.05. The molecular formula is C24H32O6. The van der Waals surface area contributed by atoms with Crippen molar-refractivity contribution in [2.45, 2.75) is 77.0 Å².